The molecule has 6 nitrogen and oxygen atoms in total. The Kier molecular flexibility index (Phi) is 63.3. The highest BCUT2D eigenvalue weighted by molar-refractivity contribution is 5.71. The van der Waals surface area contributed by atoms with Crippen LogP contribution in [0, 0.1) is 0 Å². The van der Waals surface area contributed by atoms with Crippen molar-refractivity contribution in [2.45, 2.75) is 322 Å². The van der Waals surface area contributed by atoms with E-state index in [1.807, 2.05) is 0 Å². The zero-order chi connectivity index (χ0) is 57.1. The Labute approximate surface area is 489 Å². The molecule has 0 aliphatic rings. The topological polar surface area (TPSA) is 78.9 Å². The number of hydrogen-bond acceptors (Lipinski definition) is 6. The molecule has 452 valence electrons. The molecule has 0 aromatic carbocycles. The Morgan fingerprint density at radius 3 is 0.810 bits per heavy atom. The largest absolute Gasteiger partial charge is 0.462 e. The van der Waals surface area contributed by atoms with Gasteiger partial charge in [-0.1, -0.05) is 278 Å². The van der Waals surface area contributed by atoms with E-state index in [4.69, 9.17) is 14.2 Å². The van der Waals surface area contributed by atoms with Crippen molar-refractivity contribution in [2.75, 3.05) is 13.2 Å². The maximum absolute atomic E-state index is 12.9. The number of carbonyl (C=O) groups excluding carboxylic acids is 3. The molecule has 0 amide bonds. The third-order valence-electron chi connectivity index (χ3n) is 14.2. The van der Waals surface area contributed by atoms with E-state index >= 15 is 0 Å². The lowest BCUT2D eigenvalue weighted by atomic mass is 10.0. The molecule has 0 rings (SSSR count). The van der Waals surface area contributed by atoms with Crippen molar-refractivity contribution in [1.29, 1.82) is 0 Å². The monoisotopic (exact) mass is 1100 g/mol. The Morgan fingerprint density at radius 2 is 0.494 bits per heavy atom. The van der Waals surface area contributed by atoms with Crippen LogP contribution in [0.1, 0.15) is 316 Å². The second-order valence-corrected chi connectivity index (χ2v) is 22.0. The van der Waals surface area contributed by atoms with Gasteiger partial charge in [0, 0.05) is 19.3 Å². The van der Waals surface area contributed by atoms with Gasteiger partial charge in [-0.3, -0.25) is 14.4 Å². The first kappa shape index (κ1) is 75.1. The summed E-state index contributed by atoms with van der Waals surface area (Å²) in [5.41, 5.74) is 0. The van der Waals surface area contributed by atoms with Gasteiger partial charge in [-0.05, 0) is 128 Å². The predicted molar refractivity (Wildman–Crippen MR) is 343 cm³/mol. The van der Waals surface area contributed by atoms with E-state index in [1.54, 1.807) is 0 Å². The highest BCUT2D eigenvalue weighted by atomic mass is 16.6. The third-order valence-corrected chi connectivity index (χ3v) is 14.2. The zero-order valence-corrected chi connectivity index (χ0v) is 51.9. The van der Waals surface area contributed by atoms with Gasteiger partial charge in [0.05, 0.1) is 0 Å². The molecular weight excluding hydrogens is 973 g/mol. The fourth-order valence-electron chi connectivity index (χ4n) is 9.24. The molecule has 0 saturated heterocycles. The minimum absolute atomic E-state index is 0.0946. The van der Waals surface area contributed by atoms with Gasteiger partial charge in [-0.15, -0.1) is 0 Å². The molecule has 0 N–H and O–H groups in total. The molecular formula is C73H124O6. The molecule has 0 aromatic heterocycles. The summed E-state index contributed by atoms with van der Waals surface area (Å²) >= 11 is 0. The molecule has 0 aliphatic carbocycles. The van der Waals surface area contributed by atoms with E-state index in [2.05, 4.69) is 130 Å². The van der Waals surface area contributed by atoms with Crippen molar-refractivity contribution in [3.8, 4) is 0 Å². The maximum Gasteiger partial charge on any atom is 0.306 e. The van der Waals surface area contributed by atoms with Crippen LogP contribution >= 0.6 is 0 Å². The van der Waals surface area contributed by atoms with Gasteiger partial charge in [-0.25, -0.2) is 0 Å². The third kappa shape index (κ3) is 64.8. The Balaban J connectivity index is 4.40. The molecule has 0 aromatic rings. The first-order chi connectivity index (χ1) is 39.0. The normalized spacial score (nSPS) is 12.8. The summed E-state index contributed by atoms with van der Waals surface area (Å²) < 4.78 is 16.9. The number of carbonyl (C=O) groups is 3. The van der Waals surface area contributed by atoms with Gasteiger partial charge >= 0.3 is 17.9 Å². The quantitative estimate of drug-likeness (QED) is 0.0261. The van der Waals surface area contributed by atoms with Crippen LogP contribution in [-0.2, 0) is 28.6 Å². The second-order valence-electron chi connectivity index (χ2n) is 22.0. The molecule has 0 spiro atoms. The minimum Gasteiger partial charge on any atom is -0.462 e. The van der Waals surface area contributed by atoms with Crippen molar-refractivity contribution in [3.63, 3.8) is 0 Å². The number of unbranched alkanes of at least 4 members (excludes halogenated alkanes) is 31. The summed E-state index contributed by atoms with van der Waals surface area (Å²) in [6.45, 7) is 6.48. The average molecular weight is 1100 g/mol. The smallest absolute Gasteiger partial charge is 0.306 e. The summed E-state index contributed by atoms with van der Waals surface area (Å²) in [5.74, 6) is -0.926. The summed E-state index contributed by atoms with van der Waals surface area (Å²) in [4.78, 5) is 38.4. The van der Waals surface area contributed by atoms with E-state index in [9.17, 15) is 14.4 Å². The zero-order valence-electron chi connectivity index (χ0n) is 51.9. The van der Waals surface area contributed by atoms with Crippen LogP contribution in [0.25, 0.3) is 0 Å². The van der Waals surface area contributed by atoms with Crippen molar-refractivity contribution in [2.24, 2.45) is 0 Å². The molecule has 0 bridgehead atoms. The highest BCUT2D eigenvalue weighted by Crippen LogP contribution is 2.16. The second kappa shape index (κ2) is 66.6. The number of hydrogen-bond donors (Lipinski definition) is 0. The number of allylic oxidation sites excluding steroid dienone is 18. The molecule has 0 heterocycles. The van der Waals surface area contributed by atoms with Gasteiger partial charge in [0.25, 0.3) is 0 Å². The molecule has 1 unspecified atom stereocenters. The Hall–Kier alpha value is -3.93. The Bertz CT molecular complexity index is 1590. The Morgan fingerprint density at radius 1 is 0.266 bits per heavy atom. The lowest BCUT2D eigenvalue weighted by molar-refractivity contribution is -0.167. The van der Waals surface area contributed by atoms with Crippen molar-refractivity contribution >= 4 is 17.9 Å². The van der Waals surface area contributed by atoms with Gasteiger partial charge in [-0.2, -0.15) is 0 Å². The van der Waals surface area contributed by atoms with Crippen LogP contribution in [0.5, 0.6) is 0 Å². The average Bonchev–Trinajstić information content (AvgIpc) is 3.45. The fraction of sp³-hybridized carbons (Fsp3) is 0.712. The van der Waals surface area contributed by atoms with E-state index in [0.29, 0.717) is 12.8 Å². The lowest BCUT2D eigenvalue weighted by Gasteiger charge is -2.18. The van der Waals surface area contributed by atoms with Gasteiger partial charge in [0.1, 0.15) is 13.2 Å². The summed E-state index contributed by atoms with van der Waals surface area (Å²) in [6.07, 6.45) is 91.0. The van der Waals surface area contributed by atoms with Gasteiger partial charge < -0.3 is 14.2 Å². The SMILES string of the molecule is CC/C=C\C/C=C\C/C=C\C/C=C\C/C=C\CCCCCC(=O)OC(COC(=O)CCCCCCCCC/C=C\C/C=C\CCCCC)COC(=O)CCCCCCCCCCCCCCC/C=C\C/C=C\CCCCCCC. The van der Waals surface area contributed by atoms with Crippen molar-refractivity contribution in [1.82, 2.24) is 0 Å². The summed E-state index contributed by atoms with van der Waals surface area (Å²) in [7, 11) is 0. The minimum atomic E-state index is -0.803. The molecule has 0 radical (unpaired) electrons. The van der Waals surface area contributed by atoms with Crippen LogP contribution in [-0.4, -0.2) is 37.2 Å². The molecule has 0 aliphatic heterocycles. The summed E-state index contributed by atoms with van der Waals surface area (Å²) in [6, 6.07) is 0. The lowest BCUT2D eigenvalue weighted by Crippen LogP contribution is -2.30. The van der Waals surface area contributed by atoms with Crippen molar-refractivity contribution < 1.29 is 28.6 Å². The summed E-state index contributed by atoms with van der Waals surface area (Å²) in [5, 5.41) is 0. The van der Waals surface area contributed by atoms with E-state index in [1.165, 1.54) is 161 Å². The predicted octanol–water partition coefficient (Wildman–Crippen LogP) is 23.0. The van der Waals surface area contributed by atoms with Gasteiger partial charge in [0.15, 0.2) is 6.10 Å². The maximum atomic E-state index is 12.9. The standard InChI is InChI=1S/C73H124O6/c1-4-7-10-13-16-19-22-25-28-31-33-34-35-36-37-38-40-42-45-48-51-54-57-60-63-66-72(75)78-69-70(68-77-71(74)65-62-59-56-53-50-47-44-41-30-27-24-21-18-15-12-9-6-3)79-73(76)67-64-61-58-55-52-49-46-43-39-32-29-26-23-20-17-14-11-8-5-2/h8,11,17-18,20-22,25-27,29-31,33,39,43,49,52,70H,4-7,9-10,12-16,19,23-24,28,32,34-38,40-42,44-48,50-51,53-69H2,1-3H3/b11-8-,20-17-,21-18-,25-22-,29-26-,30-27-,33-31-,43-39-,52-49-. The number of rotatable bonds is 60. The molecule has 0 saturated carbocycles. The first-order valence-corrected chi connectivity index (χ1v) is 33.4. The van der Waals surface area contributed by atoms with Crippen LogP contribution in [0.4, 0.5) is 0 Å². The molecule has 0 fully saturated rings. The highest BCUT2D eigenvalue weighted by Gasteiger charge is 2.19. The molecule has 1 atom stereocenters. The van der Waals surface area contributed by atoms with E-state index in [0.717, 1.165) is 116 Å². The van der Waals surface area contributed by atoms with Crippen LogP contribution in [0.15, 0.2) is 109 Å². The fourth-order valence-corrected chi connectivity index (χ4v) is 9.24. The molecule has 79 heavy (non-hydrogen) atoms. The first-order valence-electron chi connectivity index (χ1n) is 33.4. The van der Waals surface area contributed by atoms with Crippen LogP contribution in [0.3, 0.4) is 0 Å². The van der Waals surface area contributed by atoms with E-state index in [-0.39, 0.29) is 37.5 Å². The van der Waals surface area contributed by atoms with E-state index < -0.39 is 6.10 Å². The van der Waals surface area contributed by atoms with Crippen LogP contribution in [0.2, 0.25) is 0 Å². The number of ether oxygens (including phenoxy) is 3. The van der Waals surface area contributed by atoms with Crippen molar-refractivity contribution in [3.05, 3.63) is 109 Å². The molecule has 6 heteroatoms. The number of esters is 3. The van der Waals surface area contributed by atoms with Gasteiger partial charge in [0.2, 0.25) is 0 Å². The van der Waals surface area contributed by atoms with Crippen LogP contribution < -0.4 is 0 Å².